The van der Waals surface area contributed by atoms with Crippen molar-refractivity contribution >= 4 is 17.7 Å². The number of nitrogens with zero attached hydrogens (tertiary/aromatic N) is 3. The Morgan fingerprint density at radius 1 is 1.14 bits per heavy atom. The van der Waals surface area contributed by atoms with Gasteiger partial charge in [0.2, 0.25) is 0 Å². The minimum absolute atomic E-state index is 0.0871. The summed E-state index contributed by atoms with van der Waals surface area (Å²) in [6.07, 6.45) is 4.47. The molecule has 0 aromatic carbocycles. The number of aromatic nitrogens is 3. The maximum Gasteiger partial charge on any atom is 0.354 e. The van der Waals surface area contributed by atoms with Gasteiger partial charge in [0.05, 0.1) is 36.0 Å². The summed E-state index contributed by atoms with van der Waals surface area (Å²) >= 11 is 0. The summed E-state index contributed by atoms with van der Waals surface area (Å²) in [6, 6.07) is 2.33. The van der Waals surface area contributed by atoms with Crippen LogP contribution in [0.25, 0.3) is 0 Å². The van der Waals surface area contributed by atoms with Gasteiger partial charge in [-0.25, -0.2) is 14.6 Å². The molecule has 0 unspecified atom stereocenters. The van der Waals surface area contributed by atoms with Crippen molar-refractivity contribution < 1.29 is 14.7 Å². The van der Waals surface area contributed by atoms with Gasteiger partial charge in [-0.1, -0.05) is 0 Å². The Bertz CT molecular complexity index is 640. The lowest BCUT2D eigenvalue weighted by molar-refractivity contribution is 0.0690. The van der Waals surface area contributed by atoms with Crippen LogP contribution in [0.15, 0.2) is 30.7 Å². The average Bonchev–Trinajstić information content (AvgIpc) is 2.47. The number of aryl methyl sites for hydroxylation is 1. The summed E-state index contributed by atoms with van der Waals surface area (Å²) in [4.78, 5) is 34.2. The van der Waals surface area contributed by atoms with E-state index >= 15 is 0 Å². The van der Waals surface area contributed by atoms with Gasteiger partial charge in [-0.2, -0.15) is 0 Å². The molecule has 0 fully saturated rings. The Labute approximate surface area is 120 Å². The molecular formula is C13H13N5O3. The third-order valence-electron chi connectivity index (χ3n) is 2.50. The molecule has 2 rings (SSSR count). The Balaban J connectivity index is 1.86. The summed E-state index contributed by atoms with van der Waals surface area (Å²) < 4.78 is 0. The average molecular weight is 287 g/mol. The number of anilines is 1. The summed E-state index contributed by atoms with van der Waals surface area (Å²) in [6.45, 7) is 2.06. The number of nitrogens with one attached hydrogen (secondary N) is 2. The molecule has 0 aliphatic rings. The van der Waals surface area contributed by atoms with E-state index in [0.717, 1.165) is 5.69 Å². The largest absolute Gasteiger partial charge is 0.477 e. The Hall–Kier alpha value is -3.03. The second-order valence-corrected chi connectivity index (χ2v) is 4.19. The summed E-state index contributed by atoms with van der Waals surface area (Å²) in [5, 5.41) is 13.9. The molecule has 0 saturated heterocycles. The summed E-state index contributed by atoms with van der Waals surface area (Å²) in [7, 11) is 0. The number of amides is 2. The monoisotopic (exact) mass is 287 g/mol. The zero-order valence-electron chi connectivity index (χ0n) is 11.2. The number of urea groups is 1. The van der Waals surface area contributed by atoms with Crippen LogP contribution in [0.1, 0.15) is 21.9 Å². The fourth-order valence-corrected chi connectivity index (χ4v) is 1.45. The number of carboxylic acid groups (broad SMARTS) is 1. The minimum Gasteiger partial charge on any atom is -0.477 e. The van der Waals surface area contributed by atoms with Gasteiger partial charge in [0.25, 0.3) is 0 Å². The molecule has 0 aliphatic heterocycles. The molecule has 0 saturated carbocycles. The van der Waals surface area contributed by atoms with Crippen LogP contribution >= 0.6 is 0 Å². The zero-order chi connectivity index (χ0) is 15.2. The van der Waals surface area contributed by atoms with E-state index in [4.69, 9.17) is 5.11 Å². The van der Waals surface area contributed by atoms with Crippen molar-refractivity contribution in [3.8, 4) is 0 Å². The normalized spacial score (nSPS) is 9.95. The third kappa shape index (κ3) is 4.23. The van der Waals surface area contributed by atoms with E-state index in [9.17, 15) is 9.59 Å². The number of carbonyl (C=O) groups is 2. The number of rotatable bonds is 4. The highest BCUT2D eigenvalue weighted by molar-refractivity contribution is 5.90. The first-order valence-corrected chi connectivity index (χ1v) is 6.06. The van der Waals surface area contributed by atoms with Crippen molar-refractivity contribution in [2.45, 2.75) is 13.5 Å². The molecule has 8 heteroatoms. The van der Waals surface area contributed by atoms with Gasteiger partial charge in [0.15, 0.2) is 0 Å². The second-order valence-electron chi connectivity index (χ2n) is 4.19. The van der Waals surface area contributed by atoms with Gasteiger partial charge in [0.1, 0.15) is 5.69 Å². The van der Waals surface area contributed by atoms with Crippen molar-refractivity contribution in [3.63, 3.8) is 0 Å². The molecule has 2 aromatic heterocycles. The molecule has 0 radical (unpaired) electrons. The maximum absolute atomic E-state index is 11.7. The van der Waals surface area contributed by atoms with Crippen molar-refractivity contribution in [1.29, 1.82) is 0 Å². The fourth-order valence-electron chi connectivity index (χ4n) is 1.45. The van der Waals surface area contributed by atoms with E-state index in [2.05, 4.69) is 25.6 Å². The van der Waals surface area contributed by atoms with Crippen LogP contribution in [0.4, 0.5) is 10.5 Å². The van der Waals surface area contributed by atoms with Crippen LogP contribution in [-0.2, 0) is 6.54 Å². The van der Waals surface area contributed by atoms with Gasteiger partial charge in [-0.15, -0.1) is 0 Å². The van der Waals surface area contributed by atoms with E-state index in [1.807, 2.05) is 6.92 Å². The maximum atomic E-state index is 11.7. The summed E-state index contributed by atoms with van der Waals surface area (Å²) in [5.74, 6) is -1.12. The smallest absolute Gasteiger partial charge is 0.354 e. The first-order chi connectivity index (χ1) is 10.0. The lowest BCUT2D eigenvalue weighted by atomic mass is 10.3. The molecule has 0 atom stereocenters. The predicted octanol–water partition coefficient (Wildman–Crippen LogP) is 1.20. The number of aromatic carboxylic acids is 1. The van der Waals surface area contributed by atoms with Crippen LogP contribution in [-0.4, -0.2) is 32.1 Å². The molecule has 0 spiro atoms. The van der Waals surface area contributed by atoms with Crippen LogP contribution in [0.5, 0.6) is 0 Å². The van der Waals surface area contributed by atoms with Crippen LogP contribution < -0.4 is 10.6 Å². The van der Waals surface area contributed by atoms with Gasteiger partial charge >= 0.3 is 12.0 Å². The molecule has 2 aromatic rings. The number of hydrogen-bond acceptors (Lipinski definition) is 5. The molecule has 108 valence electrons. The molecule has 0 bridgehead atoms. The molecule has 0 aliphatic carbocycles. The molecule has 8 nitrogen and oxygen atoms in total. The molecule has 2 heterocycles. The van der Waals surface area contributed by atoms with Crippen molar-refractivity contribution in [3.05, 3.63) is 47.8 Å². The fraction of sp³-hybridized carbons (Fsp3) is 0.154. The minimum atomic E-state index is -1.12. The third-order valence-corrected chi connectivity index (χ3v) is 2.50. The quantitative estimate of drug-likeness (QED) is 0.777. The SMILES string of the molecule is Cc1cnc(CNC(=O)Nc2ccc(C(=O)O)nc2)cn1. The highest BCUT2D eigenvalue weighted by Crippen LogP contribution is 2.06. The van der Waals surface area contributed by atoms with Gasteiger partial charge < -0.3 is 15.7 Å². The lowest BCUT2D eigenvalue weighted by Crippen LogP contribution is -2.28. The molecule has 3 N–H and O–H groups in total. The second kappa shape index (κ2) is 6.42. The first kappa shape index (κ1) is 14.4. The molecule has 2 amide bonds. The Morgan fingerprint density at radius 2 is 1.95 bits per heavy atom. The Kier molecular flexibility index (Phi) is 4.39. The number of hydrogen-bond donors (Lipinski definition) is 3. The number of pyridine rings is 1. The number of carbonyl (C=O) groups excluding carboxylic acids is 1. The number of carboxylic acids is 1. The lowest BCUT2D eigenvalue weighted by Gasteiger charge is -2.07. The van der Waals surface area contributed by atoms with Crippen LogP contribution in [0.3, 0.4) is 0 Å². The summed E-state index contributed by atoms with van der Waals surface area (Å²) in [5.41, 5.74) is 1.74. The van der Waals surface area contributed by atoms with E-state index in [-0.39, 0.29) is 12.2 Å². The van der Waals surface area contributed by atoms with Crippen molar-refractivity contribution in [2.24, 2.45) is 0 Å². The van der Waals surface area contributed by atoms with E-state index in [0.29, 0.717) is 11.4 Å². The van der Waals surface area contributed by atoms with Crippen molar-refractivity contribution in [2.75, 3.05) is 5.32 Å². The highest BCUT2D eigenvalue weighted by atomic mass is 16.4. The zero-order valence-corrected chi connectivity index (χ0v) is 11.2. The van der Waals surface area contributed by atoms with Gasteiger partial charge in [0, 0.05) is 6.20 Å². The van der Waals surface area contributed by atoms with E-state index in [1.54, 1.807) is 12.4 Å². The first-order valence-electron chi connectivity index (χ1n) is 6.06. The molecule has 21 heavy (non-hydrogen) atoms. The van der Waals surface area contributed by atoms with Crippen LogP contribution in [0, 0.1) is 6.92 Å². The van der Waals surface area contributed by atoms with E-state index in [1.165, 1.54) is 18.3 Å². The van der Waals surface area contributed by atoms with Crippen LogP contribution in [0.2, 0.25) is 0 Å². The van der Waals surface area contributed by atoms with Crippen molar-refractivity contribution in [1.82, 2.24) is 20.3 Å². The van der Waals surface area contributed by atoms with Gasteiger partial charge in [-0.05, 0) is 19.1 Å². The topological polar surface area (TPSA) is 117 Å². The highest BCUT2D eigenvalue weighted by Gasteiger charge is 2.06. The molecular weight excluding hydrogens is 274 g/mol. The Morgan fingerprint density at radius 3 is 2.52 bits per heavy atom. The predicted molar refractivity (Wildman–Crippen MR) is 73.8 cm³/mol. The van der Waals surface area contributed by atoms with E-state index < -0.39 is 12.0 Å². The standard InChI is InChI=1S/C13H13N5O3/c1-8-4-15-10(6-14-8)7-17-13(21)18-9-2-3-11(12(19)20)16-5-9/h2-6H,7H2,1H3,(H,19,20)(H2,17,18,21). The van der Waals surface area contributed by atoms with Gasteiger partial charge in [-0.3, -0.25) is 9.97 Å².